The third-order valence-electron chi connectivity index (χ3n) is 6.53. The highest BCUT2D eigenvalue weighted by Crippen LogP contribution is 2.21. The maximum atomic E-state index is 12.6. The number of rotatable bonds is 7. The smallest absolute Gasteiger partial charge is 0.410 e. The van der Waals surface area contributed by atoms with Crippen molar-refractivity contribution in [3.63, 3.8) is 0 Å². The molecule has 1 fully saturated rings. The molecule has 0 unspecified atom stereocenters. The van der Waals surface area contributed by atoms with Crippen LogP contribution < -0.4 is 10.3 Å². The second kappa shape index (κ2) is 12.8. The molecule has 1 saturated heterocycles. The van der Waals surface area contributed by atoms with Gasteiger partial charge in [-0.2, -0.15) is 10.4 Å². The van der Waals surface area contributed by atoms with Gasteiger partial charge in [-0.1, -0.05) is 30.3 Å². The molecular formula is C32H32N6O5. The van der Waals surface area contributed by atoms with Crippen LogP contribution in [0.3, 0.4) is 0 Å². The number of aromatic nitrogens is 4. The summed E-state index contributed by atoms with van der Waals surface area (Å²) < 4.78 is 18.5. The summed E-state index contributed by atoms with van der Waals surface area (Å²) in [5.41, 5.74) is 2.71. The average Bonchev–Trinajstić information content (AvgIpc) is 3.01. The van der Waals surface area contributed by atoms with Crippen LogP contribution in [0.4, 0.5) is 4.79 Å². The SMILES string of the molecule is CC(C)(C)OC(=O)N1CCO[C@@H](COc2cnc(-c3cccc(Cn4nc(-c5cccc(C#N)c5)ccc4=O)c3)nc2)C1. The molecule has 1 amide bonds. The Kier molecular flexibility index (Phi) is 8.78. The van der Waals surface area contributed by atoms with E-state index in [1.165, 1.54) is 10.7 Å². The normalized spacial score (nSPS) is 15.0. The van der Waals surface area contributed by atoms with E-state index in [-0.39, 0.29) is 30.9 Å². The predicted octanol–water partition coefficient (Wildman–Crippen LogP) is 4.30. The van der Waals surface area contributed by atoms with Crippen molar-refractivity contribution in [2.75, 3.05) is 26.3 Å². The number of hydrogen-bond donors (Lipinski definition) is 0. The van der Waals surface area contributed by atoms with Crippen LogP contribution in [0.1, 0.15) is 31.9 Å². The molecule has 43 heavy (non-hydrogen) atoms. The number of ether oxygens (including phenoxy) is 3. The molecule has 0 aliphatic carbocycles. The van der Waals surface area contributed by atoms with Crippen LogP contribution in [0.15, 0.2) is 77.9 Å². The van der Waals surface area contributed by atoms with E-state index in [1.54, 1.807) is 41.6 Å². The summed E-state index contributed by atoms with van der Waals surface area (Å²) in [5, 5.41) is 13.7. The van der Waals surface area contributed by atoms with Gasteiger partial charge in [-0.3, -0.25) is 4.79 Å². The fraction of sp³-hybridized carbons (Fsp3) is 0.312. The summed E-state index contributed by atoms with van der Waals surface area (Å²) >= 11 is 0. The van der Waals surface area contributed by atoms with Crippen molar-refractivity contribution in [3.8, 4) is 34.5 Å². The lowest BCUT2D eigenvalue weighted by molar-refractivity contribution is -0.0557. The minimum Gasteiger partial charge on any atom is -0.488 e. The molecule has 0 radical (unpaired) electrons. The molecule has 4 aromatic rings. The largest absolute Gasteiger partial charge is 0.488 e. The second-order valence-corrected chi connectivity index (χ2v) is 11.1. The van der Waals surface area contributed by atoms with Crippen LogP contribution in [0.5, 0.6) is 5.75 Å². The van der Waals surface area contributed by atoms with E-state index in [0.29, 0.717) is 42.5 Å². The predicted molar refractivity (Wildman–Crippen MR) is 158 cm³/mol. The van der Waals surface area contributed by atoms with Gasteiger partial charge in [0, 0.05) is 23.7 Å². The second-order valence-electron chi connectivity index (χ2n) is 11.1. The molecule has 5 rings (SSSR count). The number of benzene rings is 2. The summed E-state index contributed by atoms with van der Waals surface area (Å²) in [4.78, 5) is 35.5. The van der Waals surface area contributed by atoms with Gasteiger partial charge in [0.15, 0.2) is 11.6 Å². The van der Waals surface area contributed by atoms with E-state index >= 15 is 0 Å². The van der Waals surface area contributed by atoms with E-state index in [9.17, 15) is 14.9 Å². The number of hydrogen-bond acceptors (Lipinski definition) is 9. The maximum Gasteiger partial charge on any atom is 0.410 e. The first-order valence-electron chi connectivity index (χ1n) is 13.9. The lowest BCUT2D eigenvalue weighted by Crippen LogP contribution is -2.49. The van der Waals surface area contributed by atoms with Gasteiger partial charge in [0.1, 0.15) is 18.3 Å². The number of morpholine rings is 1. The summed E-state index contributed by atoms with van der Waals surface area (Å²) in [7, 11) is 0. The standard InChI is InChI=1S/C32H32N6O5/c1-32(2,3)43-31(40)37-12-13-41-27(20-37)21-42-26-17-34-30(35-18-26)25-9-5-7-23(15-25)19-38-29(39)11-10-28(36-38)24-8-4-6-22(14-24)16-33/h4-11,14-15,17-18,27H,12-13,19-21H2,1-3H3/t27-/m1/s1. The van der Waals surface area contributed by atoms with Crippen molar-refractivity contribution >= 4 is 6.09 Å². The highest BCUT2D eigenvalue weighted by molar-refractivity contribution is 5.68. The Balaban J connectivity index is 1.22. The minimum atomic E-state index is -0.563. The third-order valence-corrected chi connectivity index (χ3v) is 6.53. The zero-order valence-electron chi connectivity index (χ0n) is 24.3. The first-order valence-corrected chi connectivity index (χ1v) is 13.9. The number of nitriles is 1. The molecule has 0 bridgehead atoms. The van der Waals surface area contributed by atoms with Gasteiger partial charge in [0.05, 0.1) is 49.4 Å². The maximum absolute atomic E-state index is 12.6. The van der Waals surface area contributed by atoms with Gasteiger partial charge < -0.3 is 19.1 Å². The average molecular weight is 581 g/mol. The minimum absolute atomic E-state index is 0.235. The van der Waals surface area contributed by atoms with Crippen molar-refractivity contribution in [2.24, 2.45) is 0 Å². The molecule has 3 heterocycles. The molecule has 1 aliphatic rings. The monoisotopic (exact) mass is 580 g/mol. The van der Waals surface area contributed by atoms with Gasteiger partial charge in [-0.15, -0.1) is 0 Å². The fourth-order valence-corrected chi connectivity index (χ4v) is 4.49. The lowest BCUT2D eigenvalue weighted by atomic mass is 10.1. The van der Waals surface area contributed by atoms with Gasteiger partial charge in [-0.25, -0.2) is 19.4 Å². The molecule has 11 nitrogen and oxygen atoms in total. The number of carbonyl (C=O) groups excluding carboxylic acids is 1. The van der Waals surface area contributed by atoms with Crippen LogP contribution in [-0.2, 0) is 16.0 Å². The summed E-state index contributed by atoms with van der Waals surface area (Å²) in [5.74, 6) is 0.979. The van der Waals surface area contributed by atoms with Crippen LogP contribution in [-0.4, -0.2) is 68.7 Å². The van der Waals surface area contributed by atoms with Crippen LogP contribution in [0, 0.1) is 11.3 Å². The van der Waals surface area contributed by atoms with Gasteiger partial charge in [-0.05, 0) is 50.6 Å². The topological polar surface area (TPSA) is 132 Å². The van der Waals surface area contributed by atoms with Crippen molar-refractivity contribution in [2.45, 2.75) is 39.0 Å². The van der Waals surface area contributed by atoms with Crippen LogP contribution >= 0.6 is 0 Å². The number of carbonyl (C=O) groups is 1. The van der Waals surface area contributed by atoms with Crippen molar-refractivity contribution in [1.29, 1.82) is 5.26 Å². The molecule has 0 N–H and O–H groups in total. The third kappa shape index (κ3) is 7.81. The molecule has 2 aromatic heterocycles. The molecular weight excluding hydrogens is 548 g/mol. The Hall–Kier alpha value is -5.08. The molecule has 0 saturated carbocycles. The molecule has 1 aliphatic heterocycles. The molecule has 11 heteroatoms. The summed E-state index contributed by atoms with van der Waals surface area (Å²) in [6, 6.07) is 19.9. The van der Waals surface area contributed by atoms with E-state index in [1.807, 2.05) is 51.1 Å². The Morgan fingerprint density at radius 2 is 1.84 bits per heavy atom. The number of nitrogens with zero attached hydrogens (tertiary/aromatic N) is 6. The Morgan fingerprint density at radius 1 is 1.07 bits per heavy atom. The molecule has 0 spiro atoms. The molecule has 2 aromatic carbocycles. The highest BCUT2D eigenvalue weighted by Gasteiger charge is 2.28. The number of amides is 1. The summed E-state index contributed by atoms with van der Waals surface area (Å²) in [6.45, 7) is 7.23. The summed E-state index contributed by atoms with van der Waals surface area (Å²) in [6.07, 6.45) is 2.51. The highest BCUT2D eigenvalue weighted by atomic mass is 16.6. The Morgan fingerprint density at radius 3 is 2.60 bits per heavy atom. The first-order chi connectivity index (χ1) is 20.7. The van der Waals surface area contributed by atoms with E-state index in [2.05, 4.69) is 21.1 Å². The zero-order chi connectivity index (χ0) is 30.4. The van der Waals surface area contributed by atoms with Crippen molar-refractivity contribution in [3.05, 3.63) is 94.5 Å². The van der Waals surface area contributed by atoms with E-state index < -0.39 is 5.60 Å². The van der Waals surface area contributed by atoms with Crippen LogP contribution in [0.2, 0.25) is 0 Å². The fourth-order valence-electron chi connectivity index (χ4n) is 4.49. The Bertz CT molecular complexity index is 1690. The van der Waals surface area contributed by atoms with Crippen molar-refractivity contribution in [1.82, 2.24) is 24.6 Å². The van der Waals surface area contributed by atoms with Crippen molar-refractivity contribution < 1.29 is 19.0 Å². The zero-order valence-corrected chi connectivity index (χ0v) is 24.3. The van der Waals surface area contributed by atoms with Gasteiger partial charge >= 0.3 is 6.09 Å². The quantitative estimate of drug-likeness (QED) is 0.314. The first kappa shape index (κ1) is 29.4. The molecule has 1 atom stereocenters. The van der Waals surface area contributed by atoms with E-state index in [0.717, 1.165) is 16.7 Å². The Labute approximate surface area is 249 Å². The van der Waals surface area contributed by atoms with Crippen LogP contribution in [0.25, 0.3) is 22.6 Å². The molecule has 220 valence electrons. The lowest BCUT2D eigenvalue weighted by Gasteiger charge is -2.34. The van der Waals surface area contributed by atoms with Gasteiger partial charge in [0.2, 0.25) is 0 Å². The van der Waals surface area contributed by atoms with Gasteiger partial charge in [0.25, 0.3) is 5.56 Å². The van der Waals surface area contributed by atoms with E-state index in [4.69, 9.17) is 14.2 Å².